The number of rotatable bonds is 3. The molecule has 0 saturated heterocycles. The second-order valence-electron chi connectivity index (χ2n) is 3.88. The molecule has 0 atom stereocenters. The zero-order chi connectivity index (χ0) is 14.4. The van der Waals surface area contributed by atoms with Crippen LogP contribution >= 0.6 is 23.4 Å². The standard InChI is InChI=1S/C13H12ClN5S/c1-20-13(16-9-15)18-12-4-2-3-10(5-12)7-19-8-11(14)6-17-19/h2-6,8H,7H2,1H3,(H,16,18). The average molecular weight is 306 g/mol. The molecule has 1 N–H and O–H groups in total. The molecular formula is C13H12ClN5S. The van der Waals surface area contributed by atoms with Crippen LogP contribution in [0.3, 0.4) is 0 Å². The van der Waals surface area contributed by atoms with Crippen LogP contribution in [0.4, 0.5) is 5.69 Å². The highest BCUT2D eigenvalue weighted by Gasteiger charge is 2.01. The minimum Gasteiger partial charge on any atom is -0.271 e. The molecule has 0 amide bonds. The molecule has 2 aromatic rings. The molecule has 0 aliphatic heterocycles. The molecule has 1 aromatic carbocycles. The lowest BCUT2D eigenvalue weighted by Gasteiger charge is -2.04. The van der Waals surface area contributed by atoms with Crippen LogP contribution in [0.5, 0.6) is 0 Å². The third-order valence-corrected chi connectivity index (χ3v) is 3.22. The zero-order valence-electron chi connectivity index (χ0n) is 10.7. The van der Waals surface area contributed by atoms with Crippen molar-refractivity contribution in [3.8, 4) is 6.19 Å². The first-order chi connectivity index (χ1) is 9.71. The van der Waals surface area contributed by atoms with Gasteiger partial charge in [0, 0.05) is 6.20 Å². The number of thioether (sulfide) groups is 1. The van der Waals surface area contributed by atoms with E-state index in [9.17, 15) is 0 Å². The van der Waals surface area contributed by atoms with Crippen molar-refractivity contribution in [2.45, 2.75) is 6.54 Å². The Labute approximate surface area is 126 Å². The molecule has 1 heterocycles. The highest BCUT2D eigenvalue weighted by Crippen LogP contribution is 2.17. The van der Waals surface area contributed by atoms with Gasteiger partial charge in [0.05, 0.1) is 23.5 Å². The number of amidine groups is 1. The van der Waals surface area contributed by atoms with E-state index < -0.39 is 0 Å². The van der Waals surface area contributed by atoms with Gasteiger partial charge in [-0.3, -0.25) is 10.00 Å². The fourth-order valence-corrected chi connectivity index (χ4v) is 2.13. The van der Waals surface area contributed by atoms with Gasteiger partial charge in [-0.1, -0.05) is 35.5 Å². The number of aliphatic imine (C=N–C) groups is 1. The first-order valence-corrected chi connectivity index (χ1v) is 7.36. The van der Waals surface area contributed by atoms with Crippen LogP contribution in [0.2, 0.25) is 5.02 Å². The fraction of sp³-hybridized carbons (Fsp3) is 0.154. The minimum atomic E-state index is 0.562. The maximum absolute atomic E-state index is 8.62. The Kier molecular flexibility index (Phi) is 5.04. The van der Waals surface area contributed by atoms with Gasteiger partial charge in [-0.25, -0.2) is 4.99 Å². The van der Waals surface area contributed by atoms with Gasteiger partial charge in [0.15, 0.2) is 11.4 Å². The van der Waals surface area contributed by atoms with Crippen LogP contribution in [0.1, 0.15) is 5.56 Å². The first kappa shape index (κ1) is 14.4. The lowest BCUT2D eigenvalue weighted by molar-refractivity contribution is 0.687. The molecule has 0 fully saturated rings. The summed E-state index contributed by atoms with van der Waals surface area (Å²) in [6.07, 6.45) is 7.09. The van der Waals surface area contributed by atoms with Crippen molar-refractivity contribution in [3.05, 3.63) is 47.2 Å². The minimum absolute atomic E-state index is 0.562. The number of aromatic nitrogens is 2. The Balaban J connectivity index is 2.17. The molecule has 0 bridgehead atoms. The van der Waals surface area contributed by atoms with Gasteiger partial charge in [-0.05, 0) is 24.0 Å². The molecule has 5 nitrogen and oxygen atoms in total. The lowest BCUT2D eigenvalue weighted by atomic mass is 10.2. The summed E-state index contributed by atoms with van der Waals surface area (Å²) in [5.74, 6) is 0. The fourth-order valence-electron chi connectivity index (χ4n) is 1.63. The van der Waals surface area contributed by atoms with Gasteiger partial charge < -0.3 is 0 Å². The number of nitrogens with zero attached hydrogens (tertiary/aromatic N) is 4. The smallest absolute Gasteiger partial charge is 0.183 e. The molecular weight excluding hydrogens is 294 g/mol. The molecule has 0 spiro atoms. The Morgan fingerprint density at radius 1 is 1.60 bits per heavy atom. The number of hydrogen-bond acceptors (Lipinski definition) is 4. The van der Waals surface area contributed by atoms with Crippen molar-refractivity contribution in [2.24, 2.45) is 4.99 Å². The van der Waals surface area contributed by atoms with E-state index in [-0.39, 0.29) is 0 Å². The van der Waals surface area contributed by atoms with E-state index in [2.05, 4.69) is 15.4 Å². The lowest BCUT2D eigenvalue weighted by Crippen LogP contribution is -2.12. The Bertz CT molecular complexity index is 659. The monoisotopic (exact) mass is 305 g/mol. The topological polar surface area (TPSA) is 66.0 Å². The summed E-state index contributed by atoms with van der Waals surface area (Å²) >= 11 is 7.22. The number of hydrogen-bond donors (Lipinski definition) is 1. The molecule has 102 valence electrons. The van der Waals surface area contributed by atoms with Crippen molar-refractivity contribution >= 4 is 34.2 Å². The molecule has 20 heavy (non-hydrogen) atoms. The van der Waals surface area contributed by atoms with Crippen LogP contribution in [-0.4, -0.2) is 21.2 Å². The van der Waals surface area contributed by atoms with Crippen molar-refractivity contribution in [3.63, 3.8) is 0 Å². The highest BCUT2D eigenvalue weighted by molar-refractivity contribution is 8.13. The molecule has 0 saturated carbocycles. The summed E-state index contributed by atoms with van der Waals surface area (Å²) in [6.45, 7) is 0.621. The zero-order valence-corrected chi connectivity index (χ0v) is 12.3. The van der Waals surface area contributed by atoms with E-state index in [0.29, 0.717) is 16.7 Å². The molecule has 2 rings (SSSR count). The van der Waals surface area contributed by atoms with Crippen molar-refractivity contribution < 1.29 is 0 Å². The van der Waals surface area contributed by atoms with E-state index in [1.165, 1.54) is 11.8 Å². The summed E-state index contributed by atoms with van der Waals surface area (Å²) < 4.78 is 1.76. The number of halogens is 1. The van der Waals surface area contributed by atoms with Crippen molar-refractivity contribution in [2.75, 3.05) is 6.26 Å². The summed E-state index contributed by atoms with van der Waals surface area (Å²) in [7, 11) is 0. The summed E-state index contributed by atoms with van der Waals surface area (Å²) in [4.78, 5) is 4.36. The normalized spacial score (nSPS) is 11.2. The summed E-state index contributed by atoms with van der Waals surface area (Å²) in [6, 6.07) is 7.74. The van der Waals surface area contributed by atoms with Gasteiger partial charge in [0.1, 0.15) is 0 Å². The van der Waals surface area contributed by atoms with Gasteiger partial charge in [-0.15, -0.1) is 0 Å². The molecule has 0 aliphatic rings. The van der Waals surface area contributed by atoms with Crippen LogP contribution in [-0.2, 0) is 6.54 Å². The van der Waals surface area contributed by atoms with Crippen molar-refractivity contribution in [1.29, 1.82) is 5.26 Å². The van der Waals surface area contributed by atoms with E-state index in [0.717, 1.165) is 11.3 Å². The predicted octanol–water partition coefficient (Wildman–Crippen LogP) is 3.01. The van der Waals surface area contributed by atoms with Crippen LogP contribution in [0.25, 0.3) is 0 Å². The highest BCUT2D eigenvalue weighted by atomic mass is 35.5. The molecule has 1 aromatic heterocycles. The second-order valence-corrected chi connectivity index (χ2v) is 5.12. The third-order valence-electron chi connectivity index (χ3n) is 2.44. The SMILES string of the molecule is CSC(=Nc1cccc(Cn2cc(Cl)cn2)c1)NC#N. The molecule has 0 unspecified atom stereocenters. The van der Waals surface area contributed by atoms with Crippen molar-refractivity contribution in [1.82, 2.24) is 15.1 Å². The average Bonchev–Trinajstić information content (AvgIpc) is 2.84. The Morgan fingerprint density at radius 2 is 2.45 bits per heavy atom. The van der Waals surface area contributed by atoms with Gasteiger partial charge in [-0.2, -0.15) is 10.4 Å². The Hall–Kier alpha value is -1.97. The van der Waals surface area contributed by atoms with E-state index in [1.807, 2.05) is 36.7 Å². The molecule has 0 radical (unpaired) electrons. The van der Waals surface area contributed by atoms with Crippen LogP contribution in [0.15, 0.2) is 41.7 Å². The van der Waals surface area contributed by atoms with E-state index >= 15 is 0 Å². The number of benzene rings is 1. The largest absolute Gasteiger partial charge is 0.271 e. The molecule has 7 heteroatoms. The number of nitrogens with one attached hydrogen (secondary N) is 1. The van der Waals surface area contributed by atoms with Gasteiger partial charge >= 0.3 is 0 Å². The van der Waals surface area contributed by atoms with Crippen LogP contribution in [0, 0.1) is 11.5 Å². The van der Waals surface area contributed by atoms with E-state index in [4.69, 9.17) is 16.9 Å². The third kappa shape index (κ3) is 4.02. The summed E-state index contributed by atoms with van der Waals surface area (Å²) in [5, 5.41) is 16.5. The quantitative estimate of drug-likeness (QED) is 0.410. The predicted molar refractivity (Wildman–Crippen MR) is 82.1 cm³/mol. The maximum Gasteiger partial charge on any atom is 0.183 e. The molecule has 0 aliphatic carbocycles. The van der Waals surface area contributed by atoms with Crippen LogP contribution < -0.4 is 5.32 Å². The van der Waals surface area contributed by atoms with Gasteiger partial charge in [0.25, 0.3) is 0 Å². The number of nitriles is 1. The maximum atomic E-state index is 8.62. The van der Waals surface area contributed by atoms with Gasteiger partial charge in [0.2, 0.25) is 0 Å². The van der Waals surface area contributed by atoms with E-state index in [1.54, 1.807) is 17.1 Å². The second kappa shape index (κ2) is 6.98. The first-order valence-electron chi connectivity index (χ1n) is 5.76. The summed E-state index contributed by atoms with van der Waals surface area (Å²) in [5.41, 5.74) is 1.84. The Morgan fingerprint density at radius 3 is 3.10 bits per heavy atom.